The zero-order chi connectivity index (χ0) is 16.3. The monoisotopic (exact) mass is 298 g/mol. The Bertz CT molecular complexity index is 603. The van der Waals surface area contributed by atoms with Gasteiger partial charge in [0.05, 0.1) is 11.7 Å². The number of benzene rings is 1. The summed E-state index contributed by atoms with van der Waals surface area (Å²) < 4.78 is 0. The molecule has 1 aromatic carbocycles. The molecule has 0 saturated carbocycles. The second-order valence-corrected chi connectivity index (χ2v) is 5.52. The fourth-order valence-electron chi connectivity index (χ4n) is 3.07. The van der Waals surface area contributed by atoms with Gasteiger partial charge in [-0.2, -0.15) is 0 Å². The van der Waals surface area contributed by atoms with Gasteiger partial charge in [0.1, 0.15) is 0 Å². The summed E-state index contributed by atoms with van der Waals surface area (Å²) in [5.74, 6) is 6.40. The van der Waals surface area contributed by atoms with E-state index in [0.717, 1.165) is 36.3 Å². The van der Waals surface area contributed by atoms with Gasteiger partial charge in [-0.05, 0) is 32.8 Å². The van der Waals surface area contributed by atoms with E-state index in [1.165, 1.54) is 5.70 Å². The molecule has 1 fully saturated rings. The first-order valence-corrected chi connectivity index (χ1v) is 7.70. The average Bonchev–Trinajstić information content (AvgIpc) is 2.53. The van der Waals surface area contributed by atoms with Crippen LogP contribution in [0, 0.1) is 0 Å². The Balaban J connectivity index is 2.28. The van der Waals surface area contributed by atoms with E-state index in [1.54, 1.807) is 5.01 Å². The van der Waals surface area contributed by atoms with Crippen molar-refractivity contribution >= 4 is 11.4 Å². The molecule has 0 radical (unpaired) electrons. The van der Waals surface area contributed by atoms with Gasteiger partial charge in [-0.1, -0.05) is 37.4 Å². The summed E-state index contributed by atoms with van der Waals surface area (Å²) in [7, 11) is 0. The van der Waals surface area contributed by atoms with Crippen LogP contribution in [0.25, 0.3) is 5.70 Å². The van der Waals surface area contributed by atoms with Crippen LogP contribution < -0.4 is 11.6 Å². The molecule has 0 spiro atoms. The summed E-state index contributed by atoms with van der Waals surface area (Å²) in [5, 5.41) is 1.75. The summed E-state index contributed by atoms with van der Waals surface area (Å²) in [6.07, 6.45) is 3.97. The highest BCUT2D eigenvalue weighted by atomic mass is 15.4. The number of rotatable bonds is 4. The number of hydrazine groups is 1. The molecule has 1 saturated heterocycles. The minimum atomic E-state index is 0.0857. The molecule has 22 heavy (non-hydrogen) atoms. The molecule has 0 amide bonds. The molecule has 1 heterocycles. The number of allylic oxidation sites excluding steroid dienone is 2. The molecular weight excluding hydrogens is 272 g/mol. The molecule has 0 aromatic heterocycles. The third kappa shape index (κ3) is 2.88. The number of likely N-dealkylation sites (tertiary alicyclic amines) is 1. The van der Waals surface area contributed by atoms with E-state index in [1.807, 2.05) is 31.2 Å². The predicted molar refractivity (Wildman–Crippen MR) is 94.2 cm³/mol. The third-order valence-corrected chi connectivity index (χ3v) is 4.27. The fourth-order valence-corrected chi connectivity index (χ4v) is 3.07. The Morgan fingerprint density at radius 1 is 1.45 bits per heavy atom. The van der Waals surface area contributed by atoms with E-state index in [0.29, 0.717) is 5.69 Å². The van der Waals surface area contributed by atoms with Gasteiger partial charge in [-0.15, -0.1) is 0 Å². The van der Waals surface area contributed by atoms with Crippen molar-refractivity contribution in [2.45, 2.75) is 32.7 Å². The topological polar surface area (TPSA) is 58.5 Å². The van der Waals surface area contributed by atoms with Crippen LogP contribution in [0.5, 0.6) is 0 Å². The van der Waals surface area contributed by atoms with Crippen LogP contribution in [-0.2, 0) is 0 Å². The number of anilines is 1. The van der Waals surface area contributed by atoms with E-state index in [-0.39, 0.29) is 6.04 Å². The molecule has 1 aliphatic rings. The van der Waals surface area contributed by atoms with Crippen molar-refractivity contribution < 1.29 is 0 Å². The van der Waals surface area contributed by atoms with Crippen molar-refractivity contribution in [2.24, 2.45) is 5.84 Å². The van der Waals surface area contributed by atoms with Crippen molar-refractivity contribution in [3.63, 3.8) is 0 Å². The quantitative estimate of drug-likeness (QED) is 0.508. The molecule has 0 bridgehead atoms. The number of likely N-dealkylation sites (N-methyl/N-ethyl adjacent to an activating group) is 1. The molecule has 2 rings (SSSR count). The van der Waals surface area contributed by atoms with E-state index in [2.05, 4.69) is 31.1 Å². The van der Waals surface area contributed by atoms with Crippen molar-refractivity contribution in [3.05, 3.63) is 60.5 Å². The first kappa shape index (κ1) is 16.2. The summed E-state index contributed by atoms with van der Waals surface area (Å²) in [4.78, 5) is 2.23. The van der Waals surface area contributed by atoms with E-state index >= 15 is 0 Å². The summed E-state index contributed by atoms with van der Waals surface area (Å²) in [5.41, 5.74) is 10.7. The minimum absolute atomic E-state index is 0.0857. The molecule has 4 heteroatoms. The Hall–Kier alpha value is -2.20. The van der Waals surface area contributed by atoms with E-state index in [9.17, 15) is 0 Å². The zero-order valence-corrected chi connectivity index (χ0v) is 13.5. The number of piperidine rings is 1. The summed E-state index contributed by atoms with van der Waals surface area (Å²) in [6, 6.07) is 7.76. The van der Waals surface area contributed by atoms with E-state index in [4.69, 9.17) is 11.6 Å². The van der Waals surface area contributed by atoms with Crippen LogP contribution in [0.1, 0.15) is 32.3 Å². The first-order chi connectivity index (χ1) is 10.5. The lowest BCUT2D eigenvalue weighted by Crippen LogP contribution is -2.47. The van der Waals surface area contributed by atoms with Gasteiger partial charge in [0.2, 0.25) is 0 Å². The molecule has 118 valence electrons. The van der Waals surface area contributed by atoms with Gasteiger partial charge in [0.15, 0.2) is 0 Å². The van der Waals surface area contributed by atoms with Gasteiger partial charge in [-0.25, -0.2) is 5.84 Å². The lowest BCUT2D eigenvalue weighted by Gasteiger charge is -2.42. The molecule has 1 aliphatic heterocycles. The number of para-hydroxylation sites is 1. The van der Waals surface area contributed by atoms with Crippen LogP contribution >= 0.6 is 0 Å². The van der Waals surface area contributed by atoms with Gasteiger partial charge >= 0.3 is 0 Å². The van der Waals surface area contributed by atoms with Gasteiger partial charge < -0.3 is 15.6 Å². The highest BCUT2D eigenvalue weighted by Gasteiger charge is 2.30. The normalized spacial score (nSPS) is 20.3. The maximum absolute atomic E-state index is 6.40. The van der Waals surface area contributed by atoms with Crippen molar-refractivity contribution in [3.8, 4) is 0 Å². The largest absolute Gasteiger partial charge is 0.398 e. The van der Waals surface area contributed by atoms with Crippen LogP contribution in [0.15, 0.2) is 54.9 Å². The zero-order valence-electron chi connectivity index (χ0n) is 13.5. The van der Waals surface area contributed by atoms with Crippen LogP contribution in [-0.4, -0.2) is 22.5 Å². The number of nitrogens with zero attached hydrogens (tertiary/aromatic N) is 2. The summed E-state index contributed by atoms with van der Waals surface area (Å²) in [6.45, 7) is 13.4. The average molecular weight is 298 g/mol. The Morgan fingerprint density at radius 3 is 2.73 bits per heavy atom. The SMILES string of the molecule is C=C1CCC(N(N)C(=C)c2ccccc2N)/C(=C/C)N1CC. The standard InChI is InChI=1S/C18H26N4/c1-5-17-18(12-11-13(3)21(17)6-2)22(20)14(4)15-9-7-8-10-16(15)19/h5,7-10,18H,3-4,6,11-12,19-20H2,1-2H3/b17-5-. The number of hydrogen-bond acceptors (Lipinski definition) is 4. The lowest BCUT2D eigenvalue weighted by atomic mass is 9.97. The summed E-state index contributed by atoms with van der Waals surface area (Å²) >= 11 is 0. The van der Waals surface area contributed by atoms with Crippen LogP contribution in [0.3, 0.4) is 0 Å². The number of hydrogen-bond donors (Lipinski definition) is 2. The van der Waals surface area contributed by atoms with E-state index < -0.39 is 0 Å². The number of nitrogens with two attached hydrogens (primary N) is 2. The molecule has 1 aromatic rings. The van der Waals surface area contributed by atoms with Crippen molar-refractivity contribution in [2.75, 3.05) is 12.3 Å². The van der Waals surface area contributed by atoms with Crippen LogP contribution in [0.2, 0.25) is 0 Å². The maximum atomic E-state index is 6.40. The highest BCUT2D eigenvalue weighted by molar-refractivity contribution is 5.72. The Labute approximate surface area is 133 Å². The molecular formula is C18H26N4. The molecule has 4 N–H and O–H groups in total. The molecule has 1 unspecified atom stereocenters. The van der Waals surface area contributed by atoms with Crippen molar-refractivity contribution in [1.82, 2.24) is 9.91 Å². The molecule has 4 nitrogen and oxygen atoms in total. The lowest BCUT2D eigenvalue weighted by molar-refractivity contribution is 0.233. The van der Waals surface area contributed by atoms with Crippen molar-refractivity contribution in [1.29, 1.82) is 0 Å². The Morgan fingerprint density at radius 2 is 2.14 bits per heavy atom. The second kappa shape index (κ2) is 6.71. The fraction of sp³-hybridized carbons (Fsp3) is 0.333. The molecule has 0 aliphatic carbocycles. The highest BCUT2D eigenvalue weighted by Crippen LogP contribution is 2.33. The second-order valence-electron chi connectivity index (χ2n) is 5.52. The minimum Gasteiger partial charge on any atom is -0.398 e. The van der Waals surface area contributed by atoms with Gasteiger partial charge in [-0.3, -0.25) is 0 Å². The smallest absolute Gasteiger partial charge is 0.0853 e. The first-order valence-electron chi connectivity index (χ1n) is 7.70. The third-order valence-electron chi connectivity index (χ3n) is 4.27. The predicted octanol–water partition coefficient (Wildman–Crippen LogP) is 3.32. The molecule has 1 atom stereocenters. The van der Waals surface area contributed by atoms with Gasteiger partial charge in [0, 0.05) is 29.2 Å². The Kier molecular flexibility index (Phi) is 4.93. The van der Waals surface area contributed by atoms with Gasteiger partial charge in [0.25, 0.3) is 0 Å². The van der Waals surface area contributed by atoms with Crippen LogP contribution in [0.4, 0.5) is 5.69 Å². The maximum Gasteiger partial charge on any atom is 0.0853 e. The number of nitrogen functional groups attached to an aromatic ring is 1.